The summed E-state index contributed by atoms with van der Waals surface area (Å²) in [6, 6.07) is 2.02. The van der Waals surface area contributed by atoms with E-state index in [-0.39, 0.29) is 11.8 Å². The molecule has 1 heterocycles. The van der Waals surface area contributed by atoms with Crippen LogP contribution in [0.5, 0.6) is 0 Å². The zero-order chi connectivity index (χ0) is 12.5. The molecule has 3 nitrogen and oxygen atoms in total. The first-order valence-corrected chi connectivity index (χ1v) is 7.45. The molecule has 2 aliphatic rings. The number of Topliss-reactive ketones (excluding diaryl/α,β-unsaturated/α-hetero) is 1. The van der Waals surface area contributed by atoms with Crippen LogP contribution in [0, 0.1) is 0 Å². The fourth-order valence-electron chi connectivity index (χ4n) is 2.46. The van der Waals surface area contributed by atoms with E-state index in [9.17, 15) is 9.59 Å². The summed E-state index contributed by atoms with van der Waals surface area (Å²) < 4.78 is 5.39. The molecule has 2 aliphatic carbocycles. The van der Waals surface area contributed by atoms with Crippen molar-refractivity contribution in [3.63, 3.8) is 0 Å². The van der Waals surface area contributed by atoms with Crippen molar-refractivity contribution in [2.24, 2.45) is 0 Å². The molecule has 1 atom stereocenters. The molecule has 0 N–H and O–H groups in total. The van der Waals surface area contributed by atoms with Gasteiger partial charge in [0.25, 0.3) is 0 Å². The van der Waals surface area contributed by atoms with Gasteiger partial charge in [-0.2, -0.15) is 0 Å². The van der Waals surface area contributed by atoms with Crippen molar-refractivity contribution >= 4 is 23.1 Å². The van der Waals surface area contributed by atoms with Gasteiger partial charge in [0.05, 0.1) is 0 Å². The summed E-state index contributed by atoms with van der Waals surface area (Å²) in [4.78, 5) is 24.5. The van der Waals surface area contributed by atoms with Crippen LogP contribution in [0.2, 0.25) is 0 Å². The summed E-state index contributed by atoms with van der Waals surface area (Å²) >= 11 is 1.43. The lowest BCUT2D eigenvalue weighted by molar-refractivity contribution is -0.129. The van der Waals surface area contributed by atoms with E-state index < -0.39 is 6.10 Å². The standard InChI is InChI=1S/C14H16O3S/c15-11-3-1-2-4-12(11)17-14(16)13-10(7-8-18-13)9-5-6-9/h7-9,12H,1-6H2/t12-/m0/s1. The molecule has 18 heavy (non-hydrogen) atoms. The largest absolute Gasteiger partial charge is 0.450 e. The van der Waals surface area contributed by atoms with Crippen molar-refractivity contribution < 1.29 is 14.3 Å². The highest BCUT2D eigenvalue weighted by Crippen LogP contribution is 2.43. The Morgan fingerprint density at radius 1 is 1.28 bits per heavy atom. The van der Waals surface area contributed by atoms with Crippen molar-refractivity contribution in [3.05, 3.63) is 21.9 Å². The molecule has 3 rings (SSSR count). The second-order valence-electron chi connectivity index (χ2n) is 5.09. The molecule has 2 saturated carbocycles. The van der Waals surface area contributed by atoms with Crippen LogP contribution in [0.1, 0.15) is 59.7 Å². The van der Waals surface area contributed by atoms with Crippen LogP contribution in [-0.4, -0.2) is 17.9 Å². The van der Waals surface area contributed by atoms with Gasteiger partial charge in [0, 0.05) is 6.42 Å². The summed E-state index contributed by atoms with van der Waals surface area (Å²) in [6.07, 6.45) is 4.98. The van der Waals surface area contributed by atoms with Gasteiger partial charge >= 0.3 is 5.97 Å². The molecule has 0 amide bonds. The Morgan fingerprint density at radius 2 is 2.11 bits per heavy atom. The molecule has 0 bridgehead atoms. The second kappa shape index (κ2) is 4.84. The lowest BCUT2D eigenvalue weighted by Gasteiger charge is -2.20. The van der Waals surface area contributed by atoms with E-state index in [4.69, 9.17) is 4.74 Å². The fourth-order valence-corrected chi connectivity index (χ4v) is 3.33. The van der Waals surface area contributed by atoms with Gasteiger partial charge in [-0.25, -0.2) is 4.79 Å². The Kier molecular flexibility index (Phi) is 3.20. The Bertz CT molecular complexity index is 473. The summed E-state index contributed by atoms with van der Waals surface area (Å²) in [5.41, 5.74) is 1.12. The van der Waals surface area contributed by atoms with E-state index in [0.717, 1.165) is 18.4 Å². The molecule has 2 fully saturated rings. The van der Waals surface area contributed by atoms with Crippen LogP contribution < -0.4 is 0 Å². The normalized spacial score (nSPS) is 24.0. The number of esters is 1. The minimum atomic E-state index is -0.500. The highest BCUT2D eigenvalue weighted by atomic mass is 32.1. The Labute approximate surface area is 110 Å². The molecule has 0 spiro atoms. The number of ether oxygens (including phenoxy) is 1. The van der Waals surface area contributed by atoms with Gasteiger partial charge < -0.3 is 4.74 Å². The van der Waals surface area contributed by atoms with Crippen LogP contribution in [0.4, 0.5) is 0 Å². The molecule has 0 aliphatic heterocycles. The molecule has 0 radical (unpaired) electrons. The minimum Gasteiger partial charge on any atom is -0.450 e. The average molecular weight is 264 g/mol. The quantitative estimate of drug-likeness (QED) is 0.787. The third kappa shape index (κ3) is 2.34. The predicted molar refractivity (Wildman–Crippen MR) is 69.0 cm³/mol. The monoisotopic (exact) mass is 264 g/mol. The maximum atomic E-state index is 12.1. The lowest BCUT2D eigenvalue weighted by Crippen LogP contribution is -2.30. The summed E-state index contributed by atoms with van der Waals surface area (Å²) in [5, 5.41) is 1.94. The summed E-state index contributed by atoms with van der Waals surface area (Å²) in [6.45, 7) is 0. The molecular weight excluding hydrogens is 248 g/mol. The van der Waals surface area contributed by atoms with Crippen LogP contribution in [0.3, 0.4) is 0 Å². The van der Waals surface area contributed by atoms with Gasteiger partial charge in [0.1, 0.15) is 4.88 Å². The highest BCUT2D eigenvalue weighted by Gasteiger charge is 2.32. The van der Waals surface area contributed by atoms with E-state index in [0.29, 0.717) is 23.6 Å². The van der Waals surface area contributed by atoms with Gasteiger partial charge in [-0.3, -0.25) is 4.79 Å². The molecule has 0 saturated heterocycles. The first kappa shape index (κ1) is 11.9. The fraction of sp³-hybridized carbons (Fsp3) is 0.571. The molecule has 1 aromatic rings. The topological polar surface area (TPSA) is 43.4 Å². The van der Waals surface area contributed by atoms with Crippen molar-refractivity contribution in [1.82, 2.24) is 0 Å². The van der Waals surface area contributed by atoms with E-state index in [2.05, 4.69) is 0 Å². The van der Waals surface area contributed by atoms with Crippen molar-refractivity contribution in [2.75, 3.05) is 0 Å². The number of carbonyl (C=O) groups is 2. The number of hydrogen-bond donors (Lipinski definition) is 0. The highest BCUT2D eigenvalue weighted by molar-refractivity contribution is 7.12. The first-order valence-electron chi connectivity index (χ1n) is 6.57. The van der Waals surface area contributed by atoms with Crippen molar-refractivity contribution in [2.45, 2.75) is 50.5 Å². The number of thiophene rings is 1. The van der Waals surface area contributed by atoms with Gasteiger partial charge in [0.2, 0.25) is 0 Å². The number of rotatable bonds is 3. The minimum absolute atomic E-state index is 0.0825. The third-order valence-corrected chi connectivity index (χ3v) is 4.56. The van der Waals surface area contributed by atoms with E-state index in [1.165, 1.54) is 24.2 Å². The Balaban J connectivity index is 1.70. The smallest absolute Gasteiger partial charge is 0.349 e. The van der Waals surface area contributed by atoms with Crippen LogP contribution in [-0.2, 0) is 9.53 Å². The molecule has 1 aromatic heterocycles. The lowest BCUT2D eigenvalue weighted by atomic mass is 9.96. The molecule has 0 unspecified atom stereocenters. The second-order valence-corrected chi connectivity index (χ2v) is 6.00. The molecule has 0 aromatic carbocycles. The molecular formula is C14H16O3S. The molecule has 96 valence electrons. The van der Waals surface area contributed by atoms with Crippen molar-refractivity contribution in [1.29, 1.82) is 0 Å². The third-order valence-electron chi connectivity index (χ3n) is 3.65. The zero-order valence-electron chi connectivity index (χ0n) is 10.2. The maximum Gasteiger partial charge on any atom is 0.349 e. The van der Waals surface area contributed by atoms with Crippen LogP contribution >= 0.6 is 11.3 Å². The summed E-state index contributed by atoms with van der Waals surface area (Å²) in [5.74, 6) is 0.326. The number of ketones is 1. The predicted octanol–water partition coefficient (Wildman–Crippen LogP) is 3.29. The van der Waals surface area contributed by atoms with Crippen LogP contribution in [0.25, 0.3) is 0 Å². The Morgan fingerprint density at radius 3 is 2.83 bits per heavy atom. The first-order chi connectivity index (χ1) is 8.75. The average Bonchev–Trinajstić information content (AvgIpc) is 3.09. The van der Waals surface area contributed by atoms with E-state index in [1.54, 1.807) is 0 Å². The van der Waals surface area contributed by atoms with Gasteiger partial charge in [-0.15, -0.1) is 11.3 Å². The van der Waals surface area contributed by atoms with Crippen molar-refractivity contribution in [3.8, 4) is 0 Å². The molecule has 4 heteroatoms. The Hall–Kier alpha value is -1.16. The van der Waals surface area contributed by atoms with Gasteiger partial charge in [0.15, 0.2) is 11.9 Å². The SMILES string of the molecule is O=C(O[C@H]1CCCCC1=O)c1sccc1C1CC1. The number of hydrogen-bond acceptors (Lipinski definition) is 4. The maximum absolute atomic E-state index is 12.1. The van der Waals surface area contributed by atoms with E-state index in [1.807, 2.05) is 11.4 Å². The summed E-state index contributed by atoms with van der Waals surface area (Å²) in [7, 11) is 0. The van der Waals surface area contributed by atoms with Gasteiger partial charge in [-0.1, -0.05) is 0 Å². The zero-order valence-corrected chi connectivity index (χ0v) is 11.0. The van der Waals surface area contributed by atoms with Gasteiger partial charge in [-0.05, 0) is 55.0 Å². The number of carbonyl (C=O) groups excluding carboxylic acids is 2. The van der Waals surface area contributed by atoms with E-state index >= 15 is 0 Å². The van der Waals surface area contributed by atoms with Crippen LogP contribution in [0.15, 0.2) is 11.4 Å².